The topological polar surface area (TPSA) is 78.8 Å². The van der Waals surface area contributed by atoms with Crippen molar-refractivity contribution in [3.05, 3.63) is 35.4 Å². The van der Waals surface area contributed by atoms with Crippen LogP contribution in [0.5, 0.6) is 0 Å². The van der Waals surface area contributed by atoms with E-state index in [0.29, 0.717) is 23.3 Å². The Balaban J connectivity index is 1.81. The van der Waals surface area contributed by atoms with Crippen molar-refractivity contribution in [3.8, 4) is 0 Å². The van der Waals surface area contributed by atoms with Gasteiger partial charge in [0.1, 0.15) is 0 Å². The number of hydrogen-bond acceptors (Lipinski definition) is 4. The van der Waals surface area contributed by atoms with Gasteiger partial charge in [-0.05, 0) is 25.5 Å². The number of hydrazone groups is 1. The van der Waals surface area contributed by atoms with Crippen LogP contribution in [-0.4, -0.2) is 34.9 Å². The van der Waals surface area contributed by atoms with Crippen molar-refractivity contribution < 1.29 is 14.4 Å². The number of carbonyl (C=O) groups is 3. The third-order valence-corrected chi connectivity index (χ3v) is 4.14. The lowest BCUT2D eigenvalue weighted by Crippen LogP contribution is -2.35. The van der Waals surface area contributed by atoms with Crippen LogP contribution in [0.4, 0.5) is 0 Å². The molecule has 0 spiro atoms. The molecule has 6 heteroatoms. The van der Waals surface area contributed by atoms with E-state index in [0.717, 1.165) is 24.2 Å². The molecule has 2 rings (SSSR count). The third-order valence-electron chi connectivity index (χ3n) is 4.14. The Morgan fingerprint density at radius 1 is 1.04 bits per heavy atom. The maximum Gasteiger partial charge on any atom is 0.261 e. The summed E-state index contributed by atoms with van der Waals surface area (Å²) in [5, 5.41) is 4.01. The van der Waals surface area contributed by atoms with Gasteiger partial charge in [-0.25, -0.2) is 5.43 Å². The van der Waals surface area contributed by atoms with Crippen LogP contribution in [0.1, 0.15) is 73.1 Å². The smallest absolute Gasteiger partial charge is 0.261 e. The summed E-state index contributed by atoms with van der Waals surface area (Å²) in [6, 6.07) is 6.75. The molecule has 134 valence electrons. The molecule has 0 saturated carbocycles. The fourth-order valence-electron chi connectivity index (χ4n) is 2.75. The van der Waals surface area contributed by atoms with Crippen molar-refractivity contribution >= 4 is 23.4 Å². The minimum Gasteiger partial charge on any atom is -0.273 e. The zero-order valence-corrected chi connectivity index (χ0v) is 14.9. The van der Waals surface area contributed by atoms with Gasteiger partial charge in [0.15, 0.2) is 0 Å². The van der Waals surface area contributed by atoms with Gasteiger partial charge in [0, 0.05) is 6.42 Å². The second kappa shape index (κ2) is 9.11. The molecule has 1 aliphatic rings. The first-order chi connectivity index (χ1) is 12.0. The monoisotopic (exact) mass is 343 g/mol. The predicted molar refractivity (Wildman–Crippen MR) is 96.4 cm³/mol. The summed E-state index contributed by atoms with van der Waals surface area (Å²) in [6.07, 6.45) is 5.84. The van der Waals surface area contributed by atoms with Gasteiger partial charge >= 0.3 is 0 Å². The number of fused-ring (bicyclic) bond motifs is 1. The van der Waals surface area contributed by atoms with Crippen LogP contribution in [0.3, 0.4) is 0 Å². The highest BCUT2D eigenvalue weighted by Crippen LogP contribution is 2.22. The summed E-state index contributed by atoms with van der Waals surface area (Å²) in [6.45, 7) is 3.91. The number of amides is 3. The maximum atomic E-state index is 12.3. The maximum absolute atomic E-state index is 12.3. The van der Waals surface area contributed by atoms with Gasteiger partial charge in [-0.15, -0.1) is 0 Å². The van der Waals surface area contributed by atoms with Crippen LogP contribution in [-0.2, 0) is 4.79 Å². The molecule has 1 N–H and O–H groups in total. The number of rotatable bonds is 9. The van der Waals surface area contributed by atoms with Gasteiger partial charge in [0.25, 0.3) is 11.8 Å². The number of unbranched alkanes of at least 4 members (excludes halogenated alkanes) is 4. The zero-order valence-electron chi connectivity index (χ0n) is 14.9. The predicted octanol–water partition coefficient (Wildman–Crippen LogP) is 3.14. The summed E-state index contributed by atoms with van der Waals surface area (Å²) in [5.41, 5.74) is 3.83. The molecule has 0 aromatic heterocycles. The van der Waals surface area contributed by atoms with Gasteiger partial charge in [-0.1, -0.05) is 44.7 Å². The van der Waals surface area contributed by atoms with Crippen molar-refractivity contribution in [2.45, 2.75) is 52.4 Å². The normalized spacial score (nSPS) is 14.0. The van der Waals surface area contributed by atoms with Crippen LogP contribution in [0.2, 0.25) is 0 Å². The largest absolute Gasteiger partial charge is 0.273 e. The third kappa shape index (κ3) is 4.98. The highest BCUT2D eigenvalue weighted by atomic mass is 16.2. The van der Waals surface area contributed by atoms with Gasteiger partial charge in [-0.3, -0.25) is 19.3 Å². The van der Waals surface area contributed by atoms with E-state index in [9.17, 15) is 14.4 Å². The quantitative estimate of drug-likeness (QED) is 0.324. The molecule has 1 heterocycles. The van der Waals surface area contributed by atoms with Gasteiger partial charge < -0.3 is 0 Å². The first-order valence-corrected chi connectivity index (χ1v) is 8.81. The molecule has 0 aliphatic carbocycles. The molecular formula is C19H25N3O3. The number of benzene rings is 1. The second-order valence-electron chi connectivity index (χ2n) is 6.29. The Labute approximate surface area is 148 Å². The molecule has 6 nitrogen and oxygen atoms in total. The van der Waals surface area contributed by atoms with E-state index in [4.69, 9.17) is 0 Å². The van der Waals surface area contributed by atoms with Crippen LogP contribution in [0, 0.1) is 0 Å². The van der Waals surface area contributed by atoms with Crippen molar-refractivity contribution in [2.24, 2.45) is 5.10 Å². The Bertz CT molecular complexity index is 647. The van der Waals surface area contributed by atoms with Crippen LogP contribution >= 0.6 is 0 Å². The lowest BCUT2D eigenvalue weighted by atomic mass is 10.1. The number of nitrogens with zero attached hydrogens (tertiary/aromatic N) is 2. The Kier molecular flexibility index (Phi) is 6.86. The SMILES string of the molecule is CCCCCCCC(=O)N/N=C(\C)CN1C(=O)c2ccccc2C1=O. The fraction of sp³-hybridized carbons (Fsp3) is 0.474. The average Bonchev–Trinajstić information content (AvgIpc) is 2.85. The molecule has 0 fully saturated rings. The fourth-order valence-corrected chi connectivity index (χ4v) is 2.75. The van der Waals surface area contributed by atoms with Crippen LogP contribution in [0.25, 0.3) is 0 Å². The first kappa shape index (κ1) is 18.8. The minimum atomic E-state index is -0.322. The molecule has 25 heavy (non-hydrogen) atoms. The van der Waals surface area contributed by atoms with Crippen molar-refractivity contribution in [2.75, 3.05) is 6.54 Å². The molecule has 1 aliphatic heterocycles. The molecule has 0 saturated heterocycles. The Morgan fingerprint density at radius 2 is 1.64 bits per heavy atom. The number of carbonyl (C=O) groups excluding carboxylic acids is 3. The average molecular weight is 343 g/mol. The van der Waals surface area contributed by atoms with E-state index >= 15 is 0 Å². The van der Waals surface area contributed by atoms with Crippen LogP contribution in [0.15, 0.2) is 29.4 Å². The van der Waals surface area contributed by atoms with E-state index in [2.05, 4.69) is 17.5 Å². The molecule has 0 atom stereocenters. The molecule has 0 bridgehead atoms. The molecule has 0 radical (unpaired) electrons. The lowest BCUT2D eigenvalue weighted by Gasteiger charge is -2.13. The van der Waals surface area contributed by atoms with E-state index in [1.54, 1.807) is 31.2 Å². The van der Waals surface area contributed by atoms with E-state index < -0.39 is 0 Å². The number of hydrogen-bond donors (Lipinski definition) is 1. The standard InChI is InChI=1S/C19H25N3O3/c1-3-4-5-6-7-12-17(23)21-20-14(2)13-22-18(24)15-10-8-9-11-16(15)19(22)25/h8-11H,3-7,12-13H2,1-2H3,(H,21,23)/b20-14+. The van der Waals surface area contributed by atoms with Gasteiger partial charge in [0.05, 0.1) is 23.4 Å². The molecular weight excluding hydrogens is 318 g/mol. The molecule has 3 amide bonds. The lowest BCUT2D eigenvalue weighted by molar-refractivity contribution is -0.121. The minimum absolute atomic E-state index is 0.0725. The zero-order chi connectivity index (χ0) is 18.2. The van der Waals surface area contributed by atoms with Crippen molar-refractivity contribution in [3.63, 3.8) is 0 Å². The number of imide groups is 1. The van der Waals surface area contributed by atoms with Crippen molar-refractivity contribution in [1.29, 1.82) is 0 Å². The van der Waals surface area contributed by atoms with E-state index in [1.165, 1.54) is 12.8 Å². The summed E-state index contributed by atoms with van der Waals surface area (Å²) in [7, 11) is 0. The first-order valence-electron chi connectivity index (χ1n) is 8.81. The second-order valence-corrected chi connectivity index (χ2v) is 6.29. The molecule has 1 aromatic rings. The Hall–Kier alpha value is -2.50. The molecule has 1 aromatic carbocycles. The highest BCUT2D eigenvalue weighted by molar-refractivity contribution is 6.22. The van der Waals surface area contributed by atoms with Crippen LogP contribution < -0.4 is 5.43 Å². The molecule has 0 unspecified atom stereocenters. The summed E-state index contributed by atoms with van der Waals surface area (Å²) in [4.78, 5) is 37.5. The summed E-state index contributed by atoms with van der Waals surface area (Å²) in [5.74, 6) is -0.784. The van der Waals surface area contributed by atoms with E-state index in [1.807, 2.05) is 0 Å². The van der Waals surface area contributed by atoms with E-state index in [-0.39, 0.29) is 24.3 Å². The van der Waals surface area contributed by atoms with Gasteiger partial charge in [0.2, 0.25) is 5.91 Å². The van der Waals surface area contributed by atoms with Crippen molar-refractivity contribution in [1.82, 2.24) is 10.3 Å². The highest BCUT2D eigenvalue weighted by Gasteiger charge is 2.35. The summed E-state index contributed by atoms with van der Waals surface area (Å²) >= 11 is 0. The summed E-state index contributed by atoms with van der Waals surface area (Å²) < 4.78 is 0. The Morgan fingerprint density at radius 3 is 2.24 bits per heavy atom. The van der Waals surface area contributed by atoms with Gasteiger partial charge in [-0.2, -0.15) is 5.10 Å². The number of nitrogens with one attached hydrogen (secondary N) is 1.